The Morgan fingerprint density at radius 3 is 2.90 bits per heavy atom. The van der Waals surface area contributed by atoms with Gasteiger partial charge in [0, 0.05) is 12.7 Å². The van der Waals surface area contributed by atoms with Gasteiger partial charge >= 0.3 is 12.0 Å². The van der Waals surface area contributed by atoms with Crippen LogP contribution >= 0.6 is 11.8 Å². The Labute approximate surface area is 119 Å². The molecule has 9 heteroatoms. The number of nitrogens with zero attached hydrogens (tertiary/aromatic N) is 3. The Kier molecular flexibility index (Phi) is 4.48. The number of carbonyl (C=O) groups is 2. The van der Waals surface area contributed by atoms with Gasteiger partial charge in [0.05, 0.1) is 11.9 Å². The molecule has 20 heavy (non-hydrogen) atoms. The first-order valence-electron chi connectivity index (χ1n) is 6.22. The molecule has 1 aliphatic rings. The van der Waals surface area contributed by atoms with Crippen molar-refractivity contribution < 1.29 is 19.2 Å². The number of aryl methyl sites for hydroxylation is 1. The van der Waals surface area contributed by atoms with Crippen molar-refractivity contribution in [1.29, 1.82) is 0 Å². The number of hydrogen-bond acceptors (Lipinski definition) is 6. The number of aromatic nitrogens is 2. The van der Waals surface area contributed by atoms with Gasteiger partial charge in [-0.1, -0.05) is 12.1 Å². The zero-order chi connectivity index (χ0) is 14.7. The maximum atomic E-state index is 12.2. The standard InChI is InChI=1S/C11H16N4O4S/c1-3-9-15(7(5-20-9)10(16)17)11(18)12-4-8-13-6(2)19-14-8/h7,9H,3-5H2,1-2H3,(H,12,18)(H,16,17). The largest absolute Gasteiger partial charge is 0.480 e. The molecular formula is C11H16N4O4S. The van der Waals surface area contributed by atoms with Crippen molar-refractivity contribution in [3.63, 3.8) is 0 Å². The highest BCUT2D eigenvalue weighted by molar-refractivity contribution is 8.00. The fourth-order valence-corrected chi connectivity index (χ4v) is 3.35. The minimum atomic E-state index is -0.987. The van der Waals surface area contributed by atoms with Crippen molar-refractivity contribution in [2.24, 2.45) is 0 Å². The molecular weight excluding hydrogens is 284 g/mol. The summed E-state index contributed by atoms with van der Waals surface area (Å²) in [4.78, 5) is 28.7. The van der Waals surface area contributed by atoms with Crippen LogP contribution in [0.2, 0.25) is 0 Å². The third-order valence-corrected chi connectivity index (χ3v) is 4.38. The van der Waals surface area contributed by atoms with E-state index < -0.39 is 18.0 Å². The van der Waals surface area contributed by atoms with Crippen LogP contribution in [0.4, 0.5) is 4.79 Å². The highest BCUT2D eigenvalue weighted by atomic mass is 32.2. The maximum absolute atomic E-state index is 12.2. The van der Waals surface area contributed by atoms with E-state index in [4.69, 9.17) is 9.63 Å². The summed E-state index contributed by atoms with van der Waals surface area (Å²) < 4.78 is 4.80. The van der Waals surface area contributed by atoms with Crippen LogP contribution in [0.25, 0.3) is 0 Å². The number of nitrogens with one attached hydrogen (secondary N) is 1. The molecule has 0 spiro atoms. The topological polar surface area (TPSA) is 109 Å². The lowest BCUT2D eigenvalue weighted by Crippen LogP contribution is -2.49. The summed E-state index contributed by atoms with van der Waals surface area (Å²) in [6.07, 6.45) is 0.698. The summed E-state index contributed by atoms with van der Waals surface area (Å²) in [5, 5.41) is 15.3. The first kappa shape index (κ1) is 14.6. The van der Waals surface area contributed by atoms with Gasteiger partial charge in [0.1, 0.15) is 6.04 Å². The van der Waals surface area contributed by atoms with E-state index in [1.54, 1.807) is 6.92 Å². The second-order valence-electron chi connectivity index (χ2n) is 4.35. The van der Waals surface area contributed by atoms with Gasteiger partial charge in [0.15, 0.2) is 5.82 Å². The maximum Gasteiger partial charge on any atom is 0.327 e. The SMILES string of the molecule is CCC1SCC(C(=O)O)N1C(=O)NCc1noc(C)n1. The highest BCUT2D eigenvalue weighted by Crippen LogP contribution is 2.31. The zero-order valence-electron chi connectivity index (χ0n) is 11.2. The monoisotopic (exact) mass is 300 g/mol. The van der Waals surface area contributed by atoms with Gasteiger partial charge in [-0.2, -0.15) is 4.98 Å². The Hall–Kier alpha value is -1.77. The summed E-state index contributed by atoms with van der Waals surface area (Å²) in [7, 11) is 0. The average Bonchev–Trinajstić information content (AvgIpc) is 3.01. The molecule has 0 aliphatic carbocycles. The molecule has 1 aromatic rings. The molecule has 1 aliphatic heterocycles. The highest BCUT2D eigenvalue weighted by Gasteiger charge is 2.40. The van der Waals surface area contributed by atoms with E-state index in [2.05, 4.69) is 15.5 Å². The predicted octanol–water partition coefficient (Wildman–Crippen LogP) is 0.826. The van der Waals surface area contributed by atoms with Crippen LogP contribution in [0.1, 0.15) is 25.1 Å². The normalized spacial score (nSPS) is 22.0. The summed E-state index contributed by atoms with van der Waals surface area (Å²) in [6.45, 7) is 3.69. The Morgan fingerprint density at radius 2 is 2.35 bits per heavy atom. The molecule has 2 N–H and O–H groups in total. The molecule has 1 fully saturated rings. The van der Waals surface area contributed by atoms with Crippen LogP contribution in [-0.4, -0.2) is 49.3 Å². The van der Waals surface area contributed by atoms with Crippen LogP contribution in [0.3, 0.4) is 0 Å². The van der Waals surface area contributed by atoms with E-state index in [-0.39, 0.29) is 11.9 Å². The number of hydrogen-bond donors (Lipinski definition) is 2. The van der Waals surface area contributed by atoms with Crippen LogP contribution in [0, 0.1) is 6.92 Å². The molecule has 0 aromatic carbocycles. The average molecular weight is 300 g/mol. The molecule has 2 rings (SSSR count). The summed E-state index contributed by atoms with van der Waals surface area (Å²) in [5.74, 6) is 0.199. The molecule has 8 nitrogen and oxygen atoms in total. The lowest BCUT2D eigenvalue weighted by molar-refractivity contribution is -0.141. The molecule has 2 amide bonds. The van der Waals surface area contributed by atoms with Crippen molar-refractivity contribution in [2.45, 2.75) is 38.2 Å². The summed E-state index contributed by atoms with van der Waals surface area (Å²) in [5.41, 5.74) is 0. The van der Waals surface area contributed by atoms with Gasteiger partial charge in [-0.25, -0.2) is 9.59 Å². The van der Waals surface area contributed by atoms with Gasteiger partial charge in [0.2, 0.25) is 5.89 Å². The van der Waals surface area contributed by atoms with Gasteiger partial charge in [-0.15, -0.1) is 11.8 Å². The van der Waals surface area contributed by atoms with Crippen molar-refractivity contribution in [3.8, 4) is 0 Å². The number of carbonyl (C=O) groups excluding carboxylic acids is 1. The first-order chi connectivity index (χ1) is 9.52. The second kappa shape index (κ2) is 6.12. The van der Waals surface area contributed by atoms with Crippen LogP contribution in [-0.2, 0) is 11.3 Å². The minimum absolute atomic E-state index is 0.111. The zero-order valence-corrected chi connectivity index (χ0v) is 12.0. The fourth-order valence-electron chi connectivity index (χ4n) is 2.00. The van der Waals surface area contributed by atoms with Crippen LogP contribution in [0.15, 0.2) is 4.52 Å². The van der Waals surface area contributed by atoms with E-state index in [9.17, 15) is 9.59 Å². The summed E-state index contributed by atoms with van der Waals surface area (Å²) >= 11 is 1.48. The van der Waals surface area contributed by atoms with Crippen molar-refractivity contribution >= 4 is 23.8 Å². The van der Waals surface area contributed by atoms with E-state index in [0.29, 0.717) is 23.9 Å². The van der Waals surface area contributed by atoms with Crippen molar-refractivity contribution in [1.82, 2.24) is 20.4 Å². The predicted molar refractivity (Wildman–Crippen MR) is 71.1 cm³/mol. The smallest absolute Gasteiger partial charge is 0.327 e. The number of rotatable bonds is 4. The molecule has 0 saturated carbocycles. The third-order valence-electron chi connectivity index (χ3n) is 2.93. The number of amides is 2. The van der Waals surface area contributed by atoms with Crippen LogP contribution in [0.5, 0.6) is 0 Å². The quantitative estimate of drug-likeness (QED) is 0.847. The molecule has 2 heterocycles. The van der Waals surface area contributed by atoms with Crippen molar-refractivity contribution in [2.75, 3.05) is 5.75 Å². The Balaban J connectivity index is 2.00. The van der Waals surface area contributed by atoms with E-state index in [1.807, 2.05) is 6.92 Å². The number of carboxylic acid groups (broad SMARTS) is 1. The lowest BCUT2D eigenvalue weighted by atomic mass is 10.3. The fraction of sp³-hybridized carbons (Fsp3) is 0.636. The first-order valence-corrected chi connectivity index (χ1v) is 7.27. The Morgan fingerprint density at radius 1 is 1.60 bits per heavy atom. The molecule has 1 saturated heterocycles. The van der Waals surface area contributed by atoms with Gasteiger partial charge in [0.25, 0.3) is 0 Å². The van der Waals surface area contributed by atoms with Gasteiger partial charge < -0.3 is 14.9 Å². The van der Waals surface area contributed by atoms with Crippen LogP contribution < -0.4 is 5.32 Å². The minimum Gasteiger partial charge on any atom is -0.480 e. The van der Waals surface area contributed by atoms with E-state index in [1.165, 1.54) is 16.7 Å². The molecule has 110 valence electrons. The molecule has 1 aromatic heterocycles. The second-order valence-corrected chi connectivity index (χ2v) is 5.56. The summed E-state index contributed by atoms with van der Waals surface area (Å²) in [6, 6.07) is -1.21. The van der Waals surface area contributed by atoms with Gasteiger partial charge in [-0.3, -0.25) is 4.90 Å². The third kappa shape index (κ3) is 3.03. The van der Waals surface area contributed by atoms with Crippen molar-refractivity contribution in [3.05, 3.63) is 11.7 Å². The molecule has 0 bridgehead atoms. The number of urea groups is 1. The number of aliphatic carboxylic acids is 1. The molecule has 0 radical (unpaired) electrons. The molecule has 2 atom stereocenters. The van der Waals surface area contributed by atoms with E-state index >= 15 is 0 Å². The van der Waals surface area contributed by atoms with Gasteiger partial charge in [-0.05, 0) is 6.42 Å². The number of carboxylic acids is 1. The van der Waals surface area contributed by atoms with E-state index in [0.717, 1.165) is 0 Å². The molecule has 2 unspecified atom stereocenters. The Bertz CT molecular complexity index is 506. The lowest BCUT2D eigenvalue weighted by Gasteiger charge is -2.26. The number of thioether (sulfide) groups is 1.